The number of anilines is 5. The molecule has 2 aliphatic carbocycles. The van der Waals surface area contributed by atoms with Crippen LogP contribution in [0, 0.1) is 12.1 Å². The van der Waals surface area contributed by atoms with Gasteiger partial charge in [-0.1, -0.05) is 274 Å². The molecule has 3 unspecified atom stereocenters. The molecule has 0 fully saturated rings. The van der Waals surface area contributed by atoms with Gasteiger partial charge in [0, 0.05) is 44.9 Å². The Labute approximate surface area is 490 Å². The van der Waals surface area contributed by atoms with Gasteiger partial charge in [-0.15, -0.1) is 0 Å². The Morgan fingerprint density at radius 2 is 0.976 bits per heavy atom. The number of fused-ring (bicyclic) bond motifs is 10. The quantitative estimate of drug-likeness (QED) is 0.0681. The highest BCUT2D eigenvalue weighted by molar-refractivity contribution is 5.97. The second-order valence-corrected chi connectivity index (χ2v) is 23.5. The molecule has 10 aromatic carbocycles. The lowest BCUT2D eigenvalue weighted by Crippen LogP contribution is -2.30. The minimum atomic E-state index is -0.693. The van der Waals surface area contributed by atoms with E-state index < -0.39 is 5.41 Å². The highest BCUT2D eigenvalue weighted by Gasteiger charge is 2.53. The Morgan fingerprint density at radius 3 is 1.66 bits per heavy atom. The van der Waals surface area contributed by atoms with Gasteiger partial charge in [-0.05, 0) is 152 Å². The van der Waals surface area contributed by atoms with E-state index in [1.807, 2.05) is 0 Å². The highest BCUT2D eigenvalue weighted by Crippen LogP contribution is 2.64. The van der Waals surface area contributed by atoms with Gasteiger partial charge >= 0.3 is 0 Å². The Hall–Kier alpha value is -8.38. The Balaban J connectivity index is 1.11. The van der Waals surface area contributed by atoms with Crippen LogP contribution >= 0.6 is 0 Å². The molecule has 0 aromatic heterocycles. The van der Waals surface area contributed by atoms with Crippen molar-refractivity contribution in [2.75, 3.05) is 10.2 Å². The fourth-order valence-electron chi connectivity index (χ4n) is 14.3. The van der Waals surface area contributed by atoms with Crippen LogP contribution in [0.1, 0.15) is 151 Å². The van der Waals surface area contributed by atoms with Crippen molar-refractivity contribution in [1.29, 1.82) is 0 Å². The largest absolute Gasteiger partial charge is 0.355 e. The molecule has 0 radical (unpaired) electrons. The van der Waals surface area contributed by atoms with Crippen LogP contribution in [0.4, 0.5) is 28.4 Å². The minimum Gasteiger partial charge on any atom is -0.355 e. The normalized spacial score (nSPS) is 15.1. The fraction of sp³-hybridized carbons (Fsp3) is 0.250. The van der Waals surface area contributed by atoms with Gasteiger partial charge in [0.05, 0.1) is 11.1 Å². The van der Waals surface area contributed by atoms with Crippen LogP contribution in [0.3, 0.4) is 0 Å². The zero-order valence-corrected chi connectivity index (χ0v) is 48.9. The summed E-state index contributed by atoms with van der Waals surface area (Å²) in [6.07, 6.45) is 14.0. The molecule has 12 rings (SSSR count). The molecular weight excluding hydrogens is 989 g/mol. The summed E-state index contributed by atoms with van der Waals surface area (Å²) in [5.41, 5.74) is 23.9. The van der Waals surface area contributed by atoms with Crippen molar-refractivity contribution in [3.63, 3.8) is 0 Å². The smallest absolute Gasteiger partial charge is 0.0805 e. The maximum Gasteiger partial charge on any atom is 0.0805 e. The minimum absolute atomic E-state index is 0.0134. The summed E-state index contributed by atoms with van der Waals surface area (Å²) in [5, 5.41) is 4.08. The third-order valence-electron chi connectivity index (χ3n) is 18.9. The zero-order valence-electron chi connectivity index (χ0n) is 48.9. The van der Waals surface area contributed by atoms with E-state index in [1.165, 1.54) is 128 Å². The summed E-state index contributed by atoms with van der Waals surface area (Å²) in [6.45, 7) is 12.0. The van der Waals surface area contributed by atoms with Crippen LogP contribution < -0.4 is 10.2 Å². The lowest BCUT2D eigenvalue weighted by molar-refractivity contribution is 0.395. The number of hydrogen-bond donors (Lipinski definition) is 1. The van der Waals surface area contributed by atoms with Crippen molar-refractivity contribution >= 4 is 28.4 Å². The maximum atomic E-state index is 4.08. The summed E-state index contributed by atoms with van der Waals surface area (Å²) >= 11 is 0. The SMILES string of the molecule is CCCCCCC(C)(CC)c1ccc2c(c1)C1(c3c#cccc3-c3ccc(N(c4ccccc4)c4ccccc4-c4ccccc4)cc31)c1cc(C(CC)(CCCCCC)c3ccccc3Nc3ccccc3-c3ccccc3)ccc1-2. The van der Waals surface area contributed by atoms with Gasteiger partial charge in [0.2, 0.25) is 0 Å². The molecule has 408 valence electrons. The van der Waals surface area contributed by atoms with Gasteiger partial charge in [0.25, 0.3) is 0 Å². The third-order valence-corrected chi connectivity index (χ3v) is 18.9. The molecule has 0 bridgehead atoms. The van der Waals surface area contributed by atoms with E-state index in [-0.39, 0.29) is 10.8 Å². The average Bonchev–Trinajstić information content (AvgIpc) is 3.07. The number of nitrogens with zero attached hydrogens (tertiary/aromatic N) is 1. The van der Waals surface area contributed by atoms with E-state index >= 15 is 0 Å². The van der Waals surface area contributed by atoms with Crippen molar-refractivity contribution in [3.8, 4) is 44.5 Å². The van der Waals surface area contributed by atoms with E-state index in [0.29, 0.717) is 0 Å². The van der Waals surface area contributed by atoms with Crippen LogP contribution in [0.15, 0.2) is 231 Å². The summed E-state index contributed by atoms with van der Waals surface area (Å²) in [6, 6.07) is 94.2. The molecule has 0 saturated heterocycles. The molecule has 0 heterocycles. The van der Waals surface area contributed by atoms with Crippen LogP contribution in [-0.4, -0.2) is 0 Å². The first-order chi connectivity index (χ1) is 40.4. The number of benzene rings is 9. The topological polar surface area (TPSA) is 15.3 Å². The molecule has 0 aliphatic heterocycles. The predicted octanol–water partition coefficient (Wildman–Crippen LogP) is 22.5. The van der Waals surface area contributed by atoms with E-state index in [1.54, 1.807) is 0 Å². The van der Waals surface area contributed by atoms with Crippen molar-refractivity contribution in [3.05, 3.63) is 282 Å². The molecule has 1 spiro atoms. The van der Waals surface area contributed by atoms with Gasteiger partial charge in [-0.25, -0.2) is 0 Å². The highest BCUT2D eigenvalue weighted by atomic mass is 15.1. The van der Waals surface area contributed by atoms with Gasteiger partial charge in [-0.2, -0.15) is 0 Å². The first-order valence-electron chi connectivity index (χ1n) is 30.8. The van der Waals surface area contributed by atoms with Gasteiger partial charge in [0.1, 0.15) is 0 Å². The van der Waals surface area contributed by atoms with E-state index in [9.17, 15) is 0 Å². The number of para-hydroxylation sites is 4. The third kappa shape index (κ3) is 9.63. The standard InChI is InChI=1S/C80H78N2/c1-6-10-12-31-53-78(5,8-3)60-47-50-67-68-51-48-61(79(9-4,54-32-13-11-7-2)71-43-27-29-45-76(71)81-75-44-28-24-39-64(75)58-33-17-14-18-34-58)56-73(68)80(72(67)55-60)70-42-26-23-41-66(70)69-52-49-63(57-74(69)80)82(62-37-21-16-22-38-62)77-46-30-25-40-65(77)59-35-19-15-20-36-59/h14-25,27-30,33-41,43-52,55-57,81H,6-13,31-32,53-54H2,1-5H3. The van der Waals surface area contributed by atoms with E-state index in [4.69, 9.17) is 0 Å². The molecule has 0 saturated carbocycles. The van der Waals surface area contributed by atoms with Crippen molar-refractivity contribution in [2.24, 2.45) is 0 Å². The number of hydrogen-bond acceptors (Lipinski definition) is 2. The number of unbranched alkanes of at least 4 members (excludes halogenated alkanes) is 6. The lowest BCUT2D eigenvalue weighted by atomic mass is 9.65. The molecule has 3 atom stereocenters. The summed E-state index contributed by atoms with van der Waals surface area (Å²) in [5.74, 6) is 0. The Bertz CT molecular complexity index is 3820. The van der Waals surface area contributed by atoms with Crippen LogP contribution in [-0.2, 0) is 16.2 Å². The second kappa shape index (κ2) is 23.6. The number of rotatable bonds is 22. The molecule has 2 aliphatic rings. The van der Waals surface area contributed by atoms with E-state index in [2.05, 4.69) is 287 Å². The molecule has 10 aromatic rings. The van der Waals surface area contributed by atoms with Crippen LogP contribution in [0.2, 0.25) is 0 Å². The first kappa shape index (κ1) is 54.2. The second-order valence-electron chi connectivity index (χ2n) is 23.5. The van der Waals surface area contributed by atoms with Gasteiger partial charge in [-0.3, -0.25) is 0 Å². The monoisotopic (exact) mass is 1070 g/mol. The van der Waals surface area contributed by atoms with Crippen LogP contribution in [0.5, 0.6) is 0 Å². The summed E-state index contributed by atoms with van der Waals surface area (Å²) < 4.78 is 0. The first-order valence-corrected chi connectivity index (χ1v) is 30.8. The molecule has 1 N–H and O–H groups in total. The maximum absolute atomic E-state index is 4.08. The molecule has 0 amide bonds. The zero-order chi connectivity index (χ0) is 56.1. The van der Waals surface area contributed by atoms with Gasteiger partial charge < -0.3 is 10.2 Å². The average molecular weight is 1070 g/mol. The Morgan fingerprint density at radius 1 is 0.427 bits per heavy atom. The Kier molecular flexibility index (Phi) is 15.6. The molecule has 82 heavy (non-hydrogen) atoms. The molecular formula is C80H78N2. The lowest BCUT2D eigenvalue weighted by Gasteiger charge is -2.38. The van der Waals surface area contributed by atoms with Crippen molar-refractivity contribution in [2.45, 2.75) is 128 Å². The molecule has 2 nitrogen and oxygen atoms in total. The fourth-order valence-corrected chi connectivity index (χ4v) is 14.3. The molecule has 2 heteroatoms. The van der Waals surface area contributed by atoms with Crippen molar-refractivity contribution < 1.29 is 0 Å². The van der Waals surface area contributed by atoms with Gasteiger partial charge in [0.15, 0.2) is 0 Å². The predicted molar refractivity (Wildman–Crippen MR) is 348 cm³/mol. The van der Waals surface area contributed by atoms with Crippen LogP contribution in [0.25, 0.3) is 44.5 Å². The summed E-state index contributed by atoms with van der Waals surface area (Å²) in [7, 11) is 0. The van der Waals surface area contributed by atoms with Crippen molar-refractivity contribution in [1.82, 2.24) is 0 Å². The van der Waals surface area contributed by atoms with E-state index in [0.717, 1.165) is 60.5 Å². The number of nitrogens with one attached hydrogen (secondary N) is 1. The summed E-state index contributed by atoms with van der Waals surface area (Å²) in [4.78, 5) is 2.49.